The van der Waals surface area contributed by atoms with E-state index in [4.69, 9.17) is 4.98 Å². The van der Waals surface area contributed by atoms with Gasteiger partial charge >= 0.3 is 0 Å². The Hall–Kier alpha value is -3.94. The quantitative estimate of drug-likeness (QED) is 0.514. The number of carbonyl (C=O) groups is 1. The molecule has 3 heterocycles. The maximum atomic E-state index is 13.0. The Morgan fingerprint density at radius 3 is 2.79 bits per heavy atom. The third-order valence-corrected chi connectivity index (χ3v) is 6.29. The van der Waals surface area contributed by atoms with Crippen molar-refractivity contribution in [3.8, 4) is 17.2 Å². The summed E-state index contributed by atoms with van der Waals surface area (Å²) in [5.74, 6) is 0.645. The molecular formula is C25H23N7O. The van der Waals surface area contributed by atoms with Crippen LogP contribution in [0.2, 0.25) is 0 Å². The van der Waals surface area contributed by atoms with Gasteiger partial charge in [0, 0.05) is 23.9 Å². The zero-order valence-corrected chi connectivity index (χ0v) is 18.1. The van der Waals surface area contributed by atoms with Crippen molar-refractivity contribution in [2.75, 3.05) is 0 Å². The number of nitrogens with zero attached hydrogens (tertiary/aromatic N) is 6. The lowest BCUT2D eigenvalue weighted by atomic mass is 10.0. The van der Waals surface area contributed by atoms with Gasteiger partial charge in [0.15, 0.2) is 0 Å². The topological polar surface area (TPSA) is 98.5 Å². The van der Waals surface area contributed by atoms with Gasteiger partial charge in [-0.15, -0.1) is 0 Å². The third kappa shape index (κ3) is 3.77. The number of hydrogen-bond donors (Lipinski definition) is 1. The largest absolute Gasteiger partial charge is 0.346 e. The molecule has 164 valence electrons. The molecule has 6 rings (SSSR count). The Labute approximate surface area is 191 Å². The smallest absolute Gasteiger partial charge is 0.255 e. The maximum Gasteiger partial charge on any atom is 0.255 e. The van der Waals surface area contributed by atoms with Crippen molar-refractivity contribution in [3.63, 3.8) is 0 Å². The zero-order valence-electron chi connectivity index (χ0n) is 18.1. The number of hydrogen-bond acceptors (Lipinski definition) is 6. The number of aryl methyl sites for hydroxylation is 2. The van der Waals surface area contributed by atoms with Crippen LogP contribution in [0.4, 0.5) is 0 Å². The fourth-order valence-corrected chi connectivity index (χ4v) is 4.48. The number of rotatable bonds is 5. The van der Waals surface area contributed by atoms with Gasteiger partial charge in [-0.2, -0.15) is 5.10 Å². The number of benzene rings is 1. The van der Waals surface area contributed by atoms with Crippen molar-refractivity contribution in [2.45, 2.75) is 44.6 Å². The van der Waals surface area contributed by atoms with E-state index in [1.807, 2.05) is 6.20 Å². The second-order valence-corrected chi connectivity index (χ2v) is 8.57. The van der Waals surface area contributed by atoms with Crippen LogP contribution in [-0.2, 0) is 19.4 Å². The van der Waals surface area contributed by atoms with E-state index in [1.165, 1.54) is 11.9 Å². The van der Waals surface area contributed by atoms with Crippen LogP contribution in [0, 0.1) is 0 Å². The number of nitrogens with one attached hydrogen (secondary N) is 1. The Morgan fingerprint density at radius 2 is 1.94 bits per heavy atom. The standard InChI is InChI=1S/C25H23N7O/c33-24(27-13-19-10-11-26-15-29-19)21-14-30-32(23(21)17-8-9-17)25-28-12-18-6-3-5-16-4-1-2-7-20(16)22(18)31-25/h1-2,4,7,10-12,14-15,17H,3,5-6,8-9,13H2,(H,27,33). The van der Waals surface area contributed by atoms with Crippen LogP contribution >= 0.6 is 0 Å². The minimum absolute atomic E-state index is 0.165. The van der Waals surface area contributed by atoms with Crippen LogP contribution in [-0.4, -0.2) is 35.6 Å². The predicted molar refractivity (Wildman–Crippen MR) is 122 cm³/mol. The first-order chi connectivity index (χ1) is 16.3. The Morgan fingerprint density at radius 1 is 1.06 bits per heavy atom. The Balaban J connectivity index is 1.36. The average molecular weight is 438 g/mol. The normalized spacial score (nSPS) is 14.8. The van der Waals surface area contributed by atoms with E-state index in [0.29, 0.717) is 24.0 Å². The minimum Gasteiger partial charge on any atom is -0.346 e. The van der Waals surface area contributed by atoms with E-state index >= 15 is 0 Å². The molecule has 0 radical (unpaired) electrons. The molecule has 1 aromatic carbocycles. The molecule has 8 heteroatoms. The summed E-state index contributed by atoms with van der Waals surface area (Å²) in [6.07, 6.45) is 11.8. The number of aromatic nitrogens is 6. The van der Waals surface area contributed by atoms with Gasteiger partial charge in [-0.3, -0.25) is 4.79 Å². The van der Waals surface area contributed by atoms with Gasteiger partial charge < -0.3 is 5.32 Å². The molecular weight excluding hydrogens is 414 g/mol. The van der Waals surface area contributed by atoms with Crippen molar-refractivity contribution in [2.24, 2.45) is 0 Å². The van der Waals surface area contributed by atoms with E-state index in [-0.39, 0.29) is 5.91 Å². The summed E-state index contributed by atoms with van der Waals surface area (Å²) in [7, 11) is 0. The fraction of sp³-hybridized carbons (Fsp3) is 0.280. The maximum absolute atomic E-state index is 13.0. The van der Waals surface area contributed by atoms with Crippen LogP contribution in [0.1, 0.15) is 58.1 Å². The second-order valence-electron chi connectivity index (χ2n) is 8.57. The van der Waals surface area contributed by atoms with E-state index < -0.39 is 0 Å². The fourth-order valence-electron chi connectivity index (χ4n) is 4.48. The van der Waals surface area contributed by atoms with Crippen molar-refractivity contribution in [1.82, 2.24) is 35.0 Å². The first-order valence-corrected chi connectivity index (χ1v) is 11.3. The summed E-state index contributed by atoms with van der Waals surface area (Å²) < 4.78 is 1.76. The highest BCUT2D eigenvalue weighted by molar-refractivity contribution is 5.95. The Kier molecular flexibility index (Phi) is 4.90. The van der Waals surface area contributed by atoms with E-state index in [2.05, 4.69) is 49.6 Å². The molecule has 1 saturated carbocycles. The summed E-state index contributed by atoms with van der Waals surface area (Å²) in [4.78, 5) is 30.7. The monoisotopic (exact) mass is 437 g/mol. The molecule has 0 aliphatic heterocycles. The van der Waals surface area contributed by atoms with Crippen LogP contribution in [0.5, 0.6) is 0 Å². The molecule has 0 bridgehead atoms. The van der Waals surface area contributed by atoms with Crippen LogP contribution < -0.4 is 5.32 Å². The highest BCUT2D eigenvalue weighted by Crippen LogP contribution is 2.42. The molecule has 8 nitrogen and oxygen atoms in total. The molecule has 2 aliphatic carbocycles. The molecule has 0 saturated heterocycles. The van der Waals surface area contributed by atoms with Gasteiger partial charge in [0.05, 0.1) is 35.4 Å². The zero-order chi connectivity index (χ0) is 22.2. The molecule has 0 atom stereocenters. The van der Waals surface area contributed by atoms with Crippen LogP contribution in [0.25, 0.3) is 17.2 Å². The lowest BCUT2D eigenvalue weighted by molar-refractivity contribution is 0.0949. The molecule has 2 aliphatic rings. The van der Waals surface area contributed by atoms with E-state index in [1.54, 1.807) is 23.1 Å². The summed E-state index contributed by atoms with van der Waals surface area (Å²) >= 11 is 0. The predicted octanol–water partition coefficient (Wildman–Crippen LogP) is 3.42. The van der Waals surface area contributed by atoms with Crippen LogP contribution in [0.15, 0.2) is 55.2 Å². The number of carbonyl (C=O) groups excluding carboxylic acids is 1. The summed E-state index contributed by atoms with van der Waals surface area (Å²) in [5.41, 5.74) is 6.82. The molecule has 3 aromatic heterocycles. The number of amides is 1. The van der Waals surface area contributed by atoms with Gasteiger partial charge in [-0.25, -0.2) is 24.6 Å². The minimum atomic E-state index is -0.165. The van der Waals surface area contributed by atoms with Crippen molar-refractivity contribution in [3.05, 3.63) is 83.3 Å². The SMILES string of the molecule is O=C(NCc1ccncn1)c1cnn(-c2ncc3c(n2)-c2ccccc2CCC3)c1C1CC1. The van der Waals surface area contributed by atoms with Gasteiger partial charge in [0.25, 0.3) is 11.9 Å². The van der Waals surface area contributed by atoms with Crippen molar-refractivity contribution in [1.29, 1.82) is 0 Å². The average Bonchev–Trinajstić information content (AvgIpc) is 3.64. The lowest BCUT2D eigenvalue weighted by Crippen LogP contribution is -2.24. The highest BCUT2D eigenvalue weighted by Gasteiger charge is 2.34. The first-order valence-electron chi connectivity index (χ1n) is 11.3. The van der Waals surface area contributed by atoms with E-state index in [0.717, 1.165) is 60.3 Å². The molecule has 33 heavy (non-hydrogen) atoms. The molecule has 1 fully saturated rings. The lowest BCUT2D eigenvalue weighted by Gasteiger charge is -2.12. The molecule has 1 amide bonds. The summed E-state index contributed by atoms with van der Waals surface area (Å²) in [6.45, 7) is 0.336. The summed E-state index contributed by atoms with van der Waals surface area (Å²) in [5, 5.41) is 7.51. The van der Waals surface area contributed by atoms with E-state index in [9.17, 15) is 4.79 Å². The summed E-state index contributed by atoms with van der Waals surface area (Å²) in [6, 6.07) is 10.2. The second kappa shape index (κ2) is 8.20. The third-order valence-electron chi connectivity index (χ3n) is 6.29. The van der Waals surface area contributed by atoms with Crippen molar-refractivity contribution >= 4 is 5.91 Å². The van der Waals surface area contributed by atoms with Gasteiger partial charge in [0.1, 0.15) is 6.33 Å². The molecule has 0 unspecified atom stereocenters. The molecule has 4 aromatic rings. The molecule has 0 spiro atoms. The molecule has 1 N–H and O–H groups in total. The van der Waals surface area contributed by atoms with Gasteiger partial charge in [-0.1, -0.05) is 24.3 Å². The van der Waals surface area contributed by atoms with Crippen LogP contribution in [0.3, 0.4) is 0 Å². The first kappa shape index (κ1) is 19.7. The highest BCUT2D eigenvalue weighted by atomic mass is 16.1. The van der Waals surface area contributed by atoms with Gasteiger partial charge in [0.2, 0.25) is 0 Å². The Bertz CT molecular complexity index is 1330. The van der Waals surface area contributed by atoms with Crippen molar-refractivity contribution < 1.29 is 4.79 Å². The number of fused-ring (bicyclic) bond motifs is 3. The van der Waals surface area contributed by atoms with Gasteiger partial charge in [-0.05, 0) is 49.3 Å².